The van der Waals surface area contributed by atoms with Crippen LogP contribution in [0, 0.1) is 11.7 Å². The summed E-state index contributed by atoms with van der Waals surface area (Å²) in [6.07, 6.45) is 2.16. The van der Waals surface area contributed by atoms with E-state index in [1.807, 2.05) is 0 Å². The number of ether oxygens (including phenoxy) is 1. The Kier molecular flexibility index (Phi) is 5.59. The van der Waals surface area contributed by atoms with Crippen LogP contribution in [0.3, 0.4) is 0 Å². The summed E-state index contributed by atoms with van der Waals surface area (Å²) in [6.45, 7) is 0.939. The molecule has 0 spiro atoms. The highest BCUT2D eigenvalue weighted by Gasteiger charge is 2.28. The third kappa shape index (κ3) is 4.65. The number of amides is 1. The maximum atomic E-state index is 13.6. The van der Waals surface area contributed by atoms with E-state index in [-0.39, 0.29) is 24.1 Å². The highest BCUT2D eigenvalue weighted by Crippen LogP contribution is 2.20. The monoisotopic (exact) mass is 344 g/mol. The molecule has 1 fully saturated rings. The smallest absolute Gasteiger partial charge is 0.223 e. The second kappa shape index (κ2) is 7.27. The van der Waals surface area contributed by atoms with Gasteiger partial charge < -0.3 is 10.1 Å². The van der Waals surface area contributed by atoms with Crippen LogP contribution in [0.2, 0.25) is 0 Å². The zero-order valence-electron chi connectivity index (χ0n) is 13.2. The number of methoxy groups -OCH3 is 1. The second-order valence-corrected chi connectivity index (χ2v) is 7.61. The van der Waals surface area contributed by atoms with Crippen molar-refractivity contribution in [3.63, 3.8) is 0 Å². The molecule has 128 valence electrons. The third-order valence-electron chi connectivity index (χ3n) is 3.98. The maximum absolute atomic E-state index is 13.6. The molecule has 0 unspecified atom stereocenters. The summed E-state index contributed by atoms with van der Waals surface area (Å²) in [6, 6.07) is 4.53. The summed E-state index contributed by atoms with van der Waals surface area (Å²) >= 11 is 0. The Morgan fingerprint density at radius 3 is 2.57 bits per heavy atom. The minimum absolute atomic E-state index is 0.130. The first-order valence-corrected chi connectivity index (χ1v) is 9.21. The number of nitrogens with one attached hydrogen (secondary N) is 1. The van der Waals surface area contributed by atoms with Crippen molar-refractivity contribution in [3.8, 4) is 5.75 Å². The van der Waals surface area contributed by atoms with Crippen LogP contribution in [-0.4, -0.2) is 45.1 Å². The zero-order valence-corrected chi connectivity index (χ0v) is 14.0. The van der Waals surface area contributed by atoms with Gasteiger partial charge >= 0.3 is 0 Å². The van der Waals surface area contributed by atoms with Gasteiger partial charge in [-0.25, -0.2) is 17.1 Å². The largest absolute Gasteiger partial charge is 0.494 e. The Morgan fingerprint density at radius 2 is 2.04 bits per heavy atom. The molecular weight excluding hydrogens is 323 g/mol. The molecule has 2 rings (SSSR count). The lowest BCUT2D eigenvalue weighted by molar-refractivity contribution is -0.126. The van der Waals surface area contributed by atoms with E-state index < -0.39 is 15.8 Å². The van der Waals surface area contributed by atoms with E-state index in [4.69, 9.17) is 4.74 Å². The molecule has 1 heterocycles. The minimum Gasteiger partial charge on any atom is -0.494 e. The molecule has 8 heteroatoms. The molecule has 1 aromatic carbocycles. The molecule has 0 aliphatic carbocycles. The first-order chi connectivity index (χ1) is 10.8. The number of halogens is 1. The molecule has 0 radical (unpaired) electrons. The van der Waals surface area contributed by atoms with E-state index in [1.54, 1.807) is 6.07 Å². The molecule has 1 aliphatic heterocycles. The molecule has 0 saturated carbocycles. The summed E-state index contributed by atoms with van der Waals surface area (Å²) in [5.41, 5.74) is 0.644. The average molecular weight is 344 g/mol. The van der Waals surface area contributed by atoms with Crippen LogP contribution in [0.15, 0.2) is 18.2 Å². The van der Waals surface area contributed by atoms with Crippen molar-refractivity contribution >= 4 is 15.9 Å². The van der Waals surface area contributed by atoms with Gasteiger partial charge in [-0.2, -0.15) is 0 Å². The fraction of sp³-hybridized carbons (Fsp3) is 0.533. The molecular formula is C15H21FN2O4S. The molecule has 1 aromatic rings. The van der Waals surface area contributed by atoms with E-state index >= 15 is 0 Å². The Morgan fingerprint density at radius 1 is 1.39 bits per heavy atom. The fourth-order valence-corrected chi connectivity index (χ4v) is 3.48. The van der Waals surface area contributed by atoms with Gasteiger partial charge in [0.05, 0.1) is 13.4 Å². The van der Waals surface area contributed by atoms with Crippen LogP contribution < -0.4 is 10.1 Å². The first kappa shape index (κ1) is 17.7. The van der Waals surface area contributed by atoms with Crippen molar-refractivity contribution in [2.24, 2.45) is 5.92 Å². The topological polar surface area (TPSA) is 75.7 Å². The second-order valence-electron chi connectivity index (χ2n) is 5.62. The van der Waals surface area contributed by atoms with E-state index in [9.17, 15) is 17.6 Å². The van der Waals surface area contributed by atoms with Crippen molar-refractivity contribution in [2.75, 3.05) is 26.5 Å². The van der Waals surface area contributed by atoms with Gasteiger partial charge in [-0.3, -0.25) is 4.79 Å². The number of rotatable bonds is 5. The van der Waals surface area contributed by atoms with E-state index in [0.717, 1.165) is 0 Å². The molecule has 1 aliphatic rings. The lowest BCUT2D eigenvalue weighted by atomic mass is 9.97. The Bertz CT molecular complexity index is 670. The van der Waals surface area contributed by atoms with E-state index in [2.05, 4.69) is 5.32 Å². The summed E-state index contributed by atoms with van der Waals surface area (Å²) in [5.74, 6) is -0.653. The Labute approximate surface area is 135 Å². The normalized spacial score (nSPS) is 17.0. The molecule has 1 amide bonds. The number of hydrogen-bond acceptors (Lipinski definition) is 4. The average Bonchev–Trinajstić information content (AvgIpc) is 2.52. The van der Waals surface area contributed by atoms with Gasteiger partial charge in [0.2, 0.25) is 15.9 Å². The van der Waals surface area contributed by atoms with Crippen molar-refractivity contribution in [2.45, 2.75) is 19.4 Å². The Balaban J connectivity index is 1.85. The SMILES string of the molecule is COc1ccc(CNC(=O)C2CCN(S(C)(=O)=O)CC2)cc1F. The summed E-state index contributed by atoms with van der Waals surface area (Å²) in [7, 11) is -1.80. The summed E-state index contributed by atoms with van der Waals surface area (Å²) < 4.78 is 42.7. The van der Waals surface area contributed by atoms with Gasteiger partial charge in [0.15, 0.2) is 11.6 Å². The van der Waals surface area contributed by atoms with Crippen molar-refractivity contribution in [3.05, 3.63) is 29.6 Å². The van der Waals surface area contributed by atoms with Gasteiger partial charge in [-0.05, 0) is 30.5 Å². The molecule has 1 N–H and O–H groups in total. The maximum Gasteiger partial charge on any atom is 0.223 e. The predicted octanol–water partition coefficient (Wildman–Crippen LogP) is 1.12. The van der Waals surface area contributed by atoms with Gasteiger partial charge in [0.25, 0.3) is 0 Å². The van der Waals surface area contributed by atoms with Crippen molar-refractivity contribution < 1.29 is 22.3 Å². The zero-order chi connectivity index (χ0) is 17.0. The molecule has 0 bridgehead atoms. The molecule has 0 aromatic heterocycles. The predicted molar refractivity (Wildman–Crippen MR) is 83.9 cm³/mol. The van der Waals surface area contributed by atoms with Gasteiger partial charge in [0, 0.05) is 25.6 Å². The minimum atomic E-state index is -3.19. The van der Waals surface area contributed by atoms with Crippen LogP contribution in [0.4, 0.5) is 4.39 Å². The number of sulfonamides is 1. The number of hydrogen-bond donors (Lipinski definition) is 1. The van der Waals surface area contributed by atoms with Crippen molar-refractivity contribution in [1.29, 1.82) is 0 Å². The number of benzene rings is 1. The van der Waals surface area contributed by atoms with Crippen LogP contribution >= 0.6 is 0 Å². The summed E-state index contributed by atoms with van der Waals surface area (Å²) in [5, 5.41) is 2.77. The molecule has 0 atom stereocenters. The fourth-order valence-electron chi connectivity index (χ4n) is 2.60. The quantitative estimate of drug-likeness (QED) is 0.869. The molecule has 1 saturated heterocycles. The van der Waals surface area contributed by atoms with E-state index in [0.29, 0.717) is 31.5 Å². The Hall–Kier alpha value is -1.67. The molecule has 6 nitrogen and oxygen atoms in total. The standard InChI is InChI=1S/C15H21FN2O4S/c1-22-14-4-3-11(9-13(14)16)10-17-15(19)12-5-7-18(8-6-12)23(2,20)21/h3-4,9,12H,5-8,10H2,1-2H3,(H,17,19). The highest BCUT2D eigenvalue weighted by atomic mass is 32.2. The lowest BCUT2D eigenvalue weighted by Crippen LogP contribution is -2.42. The number of piperidine rings is 1. The van der Waals surface area contributed by atoms with Gasteiger partial charge in [-0.1, -0.05) is 6.07 Å². The van der Waals surface area contributed by atoms with Crippen molar-refractivity contribution in [1.82, 2.24) is 9.62 Å². The summed E-state index contributed by atoms with van der Waals surface area (Å²) in [4.78, 5) is 12.1. The van der Waals surface area contributed by atoms with Gasteiger partial charge in [0.1, 0.15) is 0 Å². The third-order valence-corrected chi connectivity index (χ3v) is 5.28. The van der Waals surface area contributed by atoms with Crippen LogP contribution in [0.25, 0.3) is 0 Å². The number of carbonyl (C=O) groups is 1. The number of carbonyl (C=O) groups excluding carboxylic acids is 1. The van der Waals surface area contributed by atoms with Crippen LogP contribution in [-0.2, 0) is 21.4 Å². The first-order valence-electron chi connectivity index (χ1n) is 7.36. The lowest BCUT2D eigenvalue weighted by Gasteiger charge is -2.29. The van der Waals surface area contributed by atoms with Crippen LogP contribution in [0.1, 0.15) is 18.4 Å². The molecule has 23 heavy (non-hydrogen) atoms. The number of nitrogens with zero attached hydrogens (tertiary/aromatic N) is 1. The van der Waals surface area contributed by atoms with Gasteiger partial charge in [-0.15, -0.1) is 0 Å². The highest BCUT2D eigenvalue weighted by molar-refractivity contribution is 7.88. The van der Waals surface area contributed by atoms with Crippen LogP contribution in [0.5, 0.6) is 5.75 Å². The van der Waals surface area contributed by atoms with E-state index in [1.165, 1.54) is 29.8 Å².